The summed E-state index contributed by atoms with van der Waals surface area (Å²) >= 11 is 1.13. The first-order valence-corrected chi connectivity index (χ1v) is 10.5. The van der Waals surface area contributed by atoms with Crippen LogP contribution in [0.25, 0.3) is 11.1 Å². The van der Waals surface area contributed by atoms with Crippen LogP contribution in [0.15, 0.2) is 73.1 Å². The number of nitro groups is 1. The molecule has 4 rings (SSSR count). The Kier molecular flexibility index (Phi) is 5.90. The molecule has 0 aliphatic heterocycles. The number of nitrogens with one attached hydrogen (secondary N) is 1. The highest BCUT2D eigenvalue weighted by Gasteiger charge is 2.19. The van der Waals surface area contributed by atoms with E-state index in [1.807, 2.05) is 41.2 Å². The summed E-state index contributed by atoms with van der Waals surface area (Å²) in [5, 5.41) is 18.1. The third kappa shape index (κ3) is 4.70. The SMILES string of the molecule is Cc1sc(C(=O)NCc2ccccc2-c2ccc(Cn3cccn3)cc2)cc1[N+](=O)[O-]. The number of rotatable bonds is 7. The molecule has 0 unspecified atom stereocenters. The van der Waals surface area contributed by atoms with E-state index in [2.05, 4.69) is 34.7 Å². The molecule has 2 heterocycles. The molecular weight excluding hydrogens is 412 g/mol. The highest BCUT2D eigenvalue weighted by Crippen LogP contribution is 2.28. The number of carbonyl (C=O) groups is 1. The van der Waals surface area contributed by atoms with Gasteiger partial charge in [-0.1, -0.05) is 48.5 Å². The number of carbonyl (C=O) groups excluding carboxylic acids is 1. The Morgan fingerprint density at radius 1 is 1.16 bits per heavy atom. The van der Waals surface area contributed by atoms with Gasteiger partial charge in [-0.05, 0) is 35.2 Å². The fourth-order valence-electron chi connectivity index (χ4n) is 3.36. The van der Waals surface area contributed by atoms with Crippen molar-refractivity contribution in [3.05, 3.63) is 104 Å². The van der Waals surface area contributed by atoms with Crippen LogP contribution in [0.3, 0.4) is 0 Å². The molecule has 156 valence electrons. The quantitative estimate of drug-likeness (QED) is 0.335. The van der Waals surface area contributed by atoms with Gasteiger partial charge in [0.2, 0.25) is 0 Å². The number of nitrogens with zero attached hydrogens (tertiary/aromatic N) is 3. The molecule has 1 amide bonds. The van der Waals surface area contributed by atoms with Crippen molar-refractivity contribution < 1.29 is 9.72 Å². The second-order valence-corrected chi connectivity index (χ2v) is 8.31. The van der Waals surface area contributed by atoms with E-state index in [1.54, 1.807) is 13.1 Å². The van der Waals surface area contributed by atoms with Crippen LogP contribution in [0, 0.1) is 17.0 Å². The van der Waals surface area contributed by atoms with Crippen LogP contribution >= 0.6 is 11.3 Å². The third-order valence-corrected chi connectivity index (χ3v) is 5.98. The standard InChI is InChI=1S/C23H20N4O3S/c1-16-21(27(29)30)13-22(31-16)23(28)24-14-19-5-2-3-6-20(19)18-9-7-17(8-10-18)15-26-12-4-11-25-26/h2-13H,14-15H2,1H3,(H,24,28). The number of hydrogen-bond acceptors (Lipinski definition) is 5. The van der Waals surface area contributed by atoms with E-state index < -0.39 is 4.92 Å². The maximum Gasteiger partial charge on any atom is 0.283 e. The van der Waals surface area contributed by atoms with Gasteiger partial charge in [0.15, 0.2) is 0 Å². The van der Waals surface area contributed by atoms with E-state index in [9.17, 15) is 14.9 Å². The maximum atomic E-state index is 12.5. The first-order valence-electron chi connectivity index (χ1n) is 9.69. The first-order chi connectivity index (χ1) is 15.0. The minimum atomic E-state index is -0.464. The molecule has 0 spiro atoms. The molecule has 0 aliphatic rings. The third-order valence-electron chi connectivity index (χ3n) is 4.94. The highest BCUT2D eigenvalue weighted by atomic mass is 32.1. The lowest BCUT2D eigenvalue weighted by molar-refractivity contribution is -0.385. The van der Waals surface area contributed by atoms with E-state index in [0.717, 1.165) is 33.6 Å². The van der Waals surface area contributed by atoms with Gasteiger partial charge in [0.05, 0.1) is 21.2 Å². The zero-order valence-corrected chi connectivity index (χ0v) is 17.6. The monoisotopic (exact) mass is 432 g/mol. The molecule has 4 aromatic rings. The zero-order chi connectivity index (χ0) is 21.8. The summed E-state index contributed by atoms with van der Waals surface area (Å²) in [5.41, 5.74) is 4.18. The van der Waals surface area contributed by atoms with E-state index in [1.165, 1.54) is 6.07 Å². The highest BCUT2D eigenvalue weighted by molar-refractivity contribution is 7.14. The molecule has 0 fully saturated rings. The molecule has 0 aliphatic carbocycles. The van der Waals surface area contributed by atoms with Crippen molar-refractivity contribution in [1.29, 1.82) is 0 Å². The van der Waals surface area contributed by atoms with Gasteiger partial charge < -0.3 is 5.32 Å². The average Bonchev–Trinajstić information content (AvgIpc) is 3.42. The van der Waals surface area contributed by atoms with E-state index in [4.69, 9.17) is 0 Å². The Labute approximate surface area is 183 Å². The van der Waals surface area contributed by atoms with Gasteiger partial charge >= 0.3 is 0 Å². The number of aromatic nitrogens is 2. The van der Waals surface area contributed by atoms with Gasteiger partial charge in [-0.2, -0.15) is 5.10 Å². The van der Waals surface area contributed by atoms with Crippen LogP contribution in [-0.2, 0) is 13.1 Å². The number of hydrogen-bond donors (Lipinski definition) is 1. The fourth-order valence-corrected chi connectivity index (χ4v) is 4.26. The van der Waals surface area contributed by atoms with E-state index in [-0.39, 0.29) is 11.6 Å². The molecule has 31 heavy (non-hydrogen) atoms. The normalized spacial score (nSPS) is 10.7. The first kappa shape index (κ1) is 20.5. The minimum absolute atomic E-state index is 0.0225. The molecule has 0 saturated heterocycles. The Balaban J connectivity index is 1.48. The van der Waals surface area contributed by atoms with Crippen LogP contribution in [0.4, 0.5) is 5.69 Å². The van der Waals surface area contributed by atoms with Crippen molar-refractivity contribution in [2.45, 2.75) is 20.0 Å². The number of thiophene rings is 1. The van der Waals surface area contributed by atoms with Gasteiger partial charge in [0.1, 0.15) is 0 Å². The molecule has 2 aromatic heterocycles. The van der Waals surface area contributed by atoms with Crippen LogP contribution in [-0.4, -0.2) is 20.6 Å². The predicted octanol–water partition coefficient (Wildman–Crippen LogP) is 4.81. The predicted molar refractivity (Wildman–Crippen MR) is 120 cm³/mol. The van der Waals surface area contributed by atoms with Crippen molar-refractivity contribution in [3.63, 3.8) is 0 Å². The van der Waals surface area contributed by atoms with Crippen molar-refractivity contribution in [3.8, 4) is 11.1 Å². The number of benzene rings is 2. The Morgan fingerprint density at radius 3 is 2.61 bits per heavy atom. The number of amides is 1. The molecule has 7 nitrogen and oxygen atoms in total. The largest absolute Gasteiger partial charge is 0.347 e. The summed E-state index contributed by atoms with van der Waals surface area (Å²) in [6.45, 7) is 2.68. The van der Waals surface area contributed by atoms with Crippen LogP contribution in [0.1, 0.15) is 25.7 Å². The van der Waals surface area contributed by atoms with Gasteiger partial charge in [-0.25, -0.2) is 0 Å². The molecule has 2 aromatic carbocycles. The average molecular weight is 433 g/mol. The van der Waals surface area contributed by atoms with E-state index in [0.29, 0.717) is 22.8 Å². The van der Waals surface area contributed by atoms with Gasteiger partial charge in [-0.3, -0.25) is 19.6 Å². The molecule has 0 saturated carbocycles. The topological polar surface area (TPSA) is 90.1 Å². The minimum Gasteiger partial charge on any atom is -0.347 e. The second-order valence-electron chi connectivity index (χ2n) is 7.05. The lowest BCUT2D eigenvalue weighted by atomic mass is 9.98. The van der Waals surface area contributed by atoms with Gasteiger partial charge in [0.25, 0.3) is 11.6 Å². The summed E-state index contributed by atoms with van der Waals surface area (Å²) in [4.78, 5) is 23.9. The van der Waals surface area contributed by atoms with Crippen molar-refractivity contribution in [2.75, 3.05) is 0 Å². The summed E-state index contributed by atoms with van der Waals surface area (Å²) in [5.74, 6) is -0.314. The van der Waals surface area contributed by atoms with Gasteiger partial charge in [0, 0.05) is 25.0 Å². The van der Waals surface area contributed by atoms with Crippen molar-refractivity contribution in [1.82, 2.24) is 15.1 Å². The molecule has 0 radical (unpaired) electrons. The molecule has 0 bridgehead atoms. The Morgan fingerprint density at radius 2 is 1.94 bits per heavy atom. The van der Waals surface area contributed by atoms with Crippen molar-refractivity contribution >= 4 is 22.9 Å². The van der Waals surface area contributed by atoms with Gasteiger partial charge in [-0.15, -0.1) is 11.3 Å². The lowest BCUT2D eigenvalue weighted by Crippen LogP contribution is -2.22. The second kappa shape index (κ2) is 8.93. The van der Waals surface area contributed by atoms with Crippen molar-refractivity contribution in [2.24, 2.45) is 0 Å². The summed E-state index contributed by atoms with van der Waals surface area (Å²) in [6.07, 6.45) is 3.68. The van der Waals surface area contributed by atoms with Crippen LogP contribution < -0.4 is 5.32 Å². The Bertz CT molecular complexity index is 1210. The molecule has 8 heteroatoms. The smallest absolute Gasteiger partial charge is 0.283 e. The maximum absolute atomic E-state index is 12.5. The van der Waals surface area contributed by atoms with E-state index >= 15 is 0 Å². The Hall–Kier alpha value is -3.78. The molecular formula is C23H20N4O3S. The van der Waals surface area contributed by atoms with Crippen LogP contribution in [0.2, 0.25) is 0 Å². The molecule has 1 N–H and O–H groups in total. The van der Waals surface area contributed by atoms with Crippen LogP contribution in [0.5, 0.6) is 0 Å². The molecule has 0 atom stereocenters. The summed E-state index contributed by atoms with van der Waals surface area (Å²) in [7, 11) is 0. The number of aryl methyl sites for hydroxylation is 1. The summed E-state index contributed by atoms with van der Waals surface area (Å²) < 4.78 is 1.87. The fraction of sp³-hybridized carbons (Fsp3) is 0.130. The lowest BCUT2D eigenvalue weighted by Gasteiger charge is -2.11. The zero-order valence-electron chi connectivity index (χ0n) is 16.8. The summed E-state index contributed by atoms with van der Waals surface area (Å²) in [6, 6.07) is 19.4.